The maximum Gasteiger partial charge on any atom is 0.136 e. The first-order chi connectivity index (χ1) is 16.8. The van der Waals surface area contributed by atoms with Crippen LogP contribution in [0.15, 0.2) is 29.8 Å². The molecule has 4 atom stereocenters. The van der Waals surface area contributed by atoms with Crippen molar-refractivity contribution in [2.45, 2.75) is 78.6 Å². The Bertz CT molecular complexity index is 1160. The second-order valence-electron chi connectivity index (χ2n) is 11.2. The molecule has 4 unspecified atom stereocenters. The molecule has 0 aliphatic heterocycles. The van der Waals surface area contributed by atoms with Gasteiger partial charge in [-0.3, -0.25) is 0 Å². The first kappa shape index (κ1) is 24.7. The molecule has 5 rings (SSSR count). The third-order valence-electron chi connectivity index (χ3n) is 8.83. The number of rotatable bonds is 5. The Hall–Kier alpha value is -2.00. The van der Waals surface area contributed by atoms with Gasteiger partial charge in [-0.05, 0) is 130 Å². The van der Waals surface area contributed by atoms with Crippen molar-refractivity contribution in [1.82, 2.24) is 4.98 Å². The number of hydrogen-bond donors (Lipinski definition) is 0. The van der Waals surface area contributed by atoms with Crippen molar-refractivity contribution in [2.75, 3.05) is 0 Å². The van der Waals surface area contributed by atoms with Crippen LogP contribution in [0.2, 0.25) is 5.02 Å². The zero-order valence-electron chi connectivity index (χ0n) is 21.1. The first-order valence-electron chi connectivity index (χ1n) is 13.3. The smallest absolute Gasteiger partial charge is 0.136 e. The summed E-state index contributed by atoms with van der Waals surface area (Å²) in [7, 11) is 0. The minimum atomic E-state index is -0.608. The third-order valence-corrected chi connectivity index (χ3v) is 9.11. The minimum Gasteiger partial charge on any atom is -0.246 e. The van der Waals surface area contributed by atoms with Crippen LogP contribution in [0, 0.1) is 42.2 Å². The van der Waals surface area contributed by atoms with E-state index in [-0.39, 0.29) is 16.3 Å². The molecule has 3 aliphatic rings. The van der Waals surface area contributed by atoms with Gasteiger partial charge in [0.1, 0.15) is 11.6 Å². The monoisotopic (exact) mass is 495 g/mol. The van der Waals surface area contributed by atoms with Gasteiger partial charge in [0.05, 0.1) is 22.0 Å². The molecule has 1 nitrogen and oxygen atoms in total. The van der Waals surface area contributed by atoms with Gasteiger partial charge in [-0.25, -0.2) is 13.8 Å². The quantitative estimate of drug-likeness (QED) is 0.402. The lowest BCUT2D eigenvalue weighted by Gasteiger charge is -2.20. The van der Waals surface area contributed by atoms with E-state index < -0.39 is 11.6 Å². The largest absolute Gasteiger partial charge is 0.246 e. The average molecular weight is 496 g/mol. The summed E-state index contributed by atoms with van der Waals surface area (Å²) in [4.78, 5) is 4.70. The van der Waals surface area contributed by atoms with Gasteiger partial charge in [0.25, 0.3) is 0 Å². The van der Waals surface area contributed by atoms with E-state index in [1.807, 2.05) is 6.92 Å². The summed E-state index contributed by atoms with van der Waals surface area (Å²) >= 11 is 6.49. The predicted molar refractivity (Wildman–Crippen MR) is 142 cm³/mol. The van der Waals surface area contributed by atoms with Crippen molar-refractivity contribution in [3.63, 3.8) is 0 Å². The Morgan fingerprint density at radius 3 is 2.51 bits per heavy atom. The van der Waals surface area contributed by atoms with Crippen LogP contribution in [-0.4, -0.2) is 4.98 Å². The van der Waals surface area contributed by atoms with Crippen LogP contribution in [-0.2, 0) is 0 Å². The Morgan fingerprint density at radius 1 is 1.06 bits per heavy atom. The first-order valence-corrected chi connectivity index (χ1v) is 13.7. The van der Waals surface area contributed by atoms with Crippen LogP contribution in [0.3, 0.4) is 0 Å². The van der Waals surface area contributed by atoms with Crippen molar-refractivity contribution in [3.8, 4) is 11.3 Å². The summed E-state index contributed by atoms with van der Waals surface area (Å²) in [5.41, 5.74) is 4.63. The molecule has 1 aromatic heterocycles. The van der Waals surface area contributed by atoms with Gasteiger partial charge in [0, 0.05) is 0 Å². The Labute approximate surface area is 213 Å². The molecule has 0 spiro atoms. The molecule has 0 saturated heterocycles. The topological polar surface area (TPSA) is 12.9 Å². The summed E-state index contributed by atoms with van der Waals surface area (Å²) in [5.74, 6) is 2.14. The van der Waals surface area contributed by atoms with Crippen LogP contribution in [0.5, 0.6) is 0 Å². The molecule has 35 heavy (non-hydrogen) atoms. The lowest BCUT2D eigenvalue weighted by Crippen LogP contribution is -2.11. The maximum atomic E-state index is 15.3. The summed E-state index contributed by atoms with van der Waals surface area (Å²) in [5, 5.41) is 0.276. The van der Waals surface area contributed by atoms with Gasteiger partial charge in [0.15, 0.2) is 0 Å². The van der Waals surface area contributed by atoms with Crippen molar-refractivity contribution < 1.29 is 8.78 Å². The standard InChI is InChI=1S/C31H36ClF2N/c1-18(13-22-10-12-24-19(2)9-11-25(22)24)14-29-20(3)15-26(32)31(35-29)30-27(33)16-23(17-28(30)34)21-7-5-4-6-8-21/h7,14-17,19,22,24-25H,4-6,8-13H2,1-3H3/b18-14+. The number of aryl methyl sites for hydroxylation is 1. The fourth-order valence-electron chi connectivity index (χ4n) is 6.97. The molecule has 0 bridgehead atoms. The van der Waals surface area contributed by atoms with Crippen molar-refractivity contribution in [3.05, 3.63) is 63.3 Å². The van der Waals surface area contributed by atoms with Gasteiger partial charge in [-0.1, -0.05) is 36.6 Å². The highest BCUT2D eigenvalue weighted by Crippen LogP contribution is 2.52. The fourth-order valence-corrected chi connectivity index (χ4v) is 7.27. The molecular formula is C31H36ClF2N. The summed E-state index contributed by atoms with van der Waals surface area (Å²) < 4.78 is 30.5. The maximum absolute atomic E-state index is 15.3. The molecule has 3 aliphatic carbocycles. The van der Waals surface area contributed by atoms with E-state index in [1.54, 1.807) is 6.07 Å². The van der Waals surface area contributed by atoms with Crippen LogP contribution in [0.25, 0.3) is 22.9 Å². The van der Waals surface area contributed by atoms with Gasteiger partial charge in [-0.2, -0.15) is 0 Å². The number of nitrogens with zero attached hydrogens (tertiary/aromatic N) is 1. The van der Waals surface area contributed by atoms with Crippen molar-refractivity contribution >= 4 is 23.3 Å². The number of hydrogen-bond acceptors (Lipinski definition) is 1. The molecule has 186 valence electrons. The molecule has 2 saturated carbocycles. The van der Waals surface area contributed by atoms with E-state index in [4.69, 9.17) is 16.6 Å². The van der Waals surface area contributed by atoms with Gasteiger partial charge in [-0.15, -0.1) is 0 Å². The zero-order chi connectivity index (χ0) is 24.7. The Balaban J connectivity index is 1.43. The van der Waals surface area contributed by atoms with Crippen molar-refractivity contribution in [1.29, 1.82) is 0 Å². The highest BCUT2D eigenvalue weighted by molar-refractivity contribution is 6.33. The molecular weight excluding hydrogens is 460 g/mol. The number of pyridine rings is 1. The van der Waals surface area contributed by atoms with E-state index in [0.717, 1.165) is 72.6 Å². The highest BCUT2D eigenvalue weighted by Gasteiger charge is 2.42. The highest BCUT2D eigenvalue weighted by atomic mass is 35.5. The van der Waals surface area contributed by atoms with Gasteiger partial charge >= 0.3 is 0 Å². The summed E-state index contributed by atoms with van der Waals surface area (Å²) in [6.45, 7) is 6.53. The molecule has 2 fully saturated rings. The second-order valence-corrected chi connectivity index (χ2v) is 11.6. The van der Waals surface area contributed by atoms with Crippen LogP contribution in [0.1, 0.15) is 88.5 Å². The molecule has 0 N–H and O–H groups in total. The molecule has 0 radical (unpaired) electrons. The summed E-state index contributed by atoms with van der Waals surface area (Å²) in [6, 6.07) is 4.66. The predicted octanol–water partition coefficient (Wildman–Crippen LogP) is 9.81. The SMILES string of the molecule is C/C(=C\c1nc(-c2c(F)cc(C3=CCCCC3)cc2F)c(Cl)cc1C)CC1CCC2C(C)CCC12. The Kier molecular flexibility index (Phi) is 7.17. The zero-order valence-corrected chi connectivity index (χ0v) is 21.9. The van der Waals surface area contributed by atoms with Crippen LogP contribution in [0.4, 0.5) is 8.78 Å². The van der Waals surface area contributed by atoms with E-state index in [0.29, 0.717) is 5.56 Å². The summed E-state index contributed by atoms with van der Waals surface area (Å²) in [6.07, 6.45) is 14.7. The Morgan fingerprint density at radius 2 is 1.80 bits per heavy atom. The van der Waals surface area contributed by atoms with Crippen LogP contribution < -0.4 is 0 Å². The van der Waals surface area contributed by atoms with E-state index in [2.05, 4.69) is 26.0 Å². The number of benzene rings is 1. The third kappa shape index (κ3) is 4.99. The minimum absolute atomic E-state index is 0.138. The van der Waals surface area contributed by atoms with Gasteiger partial charge in [0.2, 0.25) is 0 Å². The number of fused-ring (bicyclic) bond motifs is 1. The number of aromatic nitrogens is 1. The molecule has 0 amide bonds. The molecule has 2 aromatic rings. The van der Waals surface area contributed by atoms with Gasteiger partial charge < -0.3 is 0 Å². The van der Waals surface area contributed by atoms with E-state index in [9.17, 15) is 0 Å². The average Bonchev–Trinajstić information content (AvgIpc) is 3.39. The normalized spacial score (nSPS) is 26.7. The second kappa shape index (κ2) is 10.2. The molecule has 4 heteroatoms. The molecule has 1 heterocycles. The number of allylic oxidation sites excluding steroid dienone is 3. The van der Waals surface area contributed by atoms with Crippen LogP contribution >= 0.6 is 11.6 Å². The fraction of sp³-hybridized carbons (Fsp3) is 0.516. The van der Waals surface area contributed by atoms with E-state index >= 15 is 8.78 Å². The lowest BCUT2D eigenvalue weighted by molar-refractivity contribution is 0.323. The van der Waals surface area contributed by atoms with Crippen molar-refractivity contribution in [2.24, 2.45) is 23.7 Å². The lowest BCUT2D eigenvalue weighted by atomic mass is 9.86. The molecule has 1 aromatic carbocycles. The number of halogens is 3. The van der Waals surface area contributed by atoms with E-state index in [1.165, 1.54) is 43.4 Å².